The molecule has 3 rings (SSSR count). The first-order valence-corrected chi connectivity index (χ1v) is 8.46. The fourth-order valence-corrected chi connectivity index (χ4v) is 3.63. The molecule has 1 N–H and O–H groups in total. The molecular weight excluding hydrogens is 260 g/mol. The summed E-state index contributed by atoms with van der Waals surface area (Å²) in [5.41, 5.74) is 1.13. The summed E-state index contributed by atoms with van der Waals surface area (Å²) in [4.78, 5) is 2.68. The predicted octanol–water partition coefficient (Wildman–Crippen LogP) is 3.76. The minimum absolute atomic E-state index is 0.263. The molecule has 0 radical (unpaired) electrons. The van der Waals surface area contributed by atoms with Crippen molar-refractivity contribution in [2.45, 2.75) is 51.7 Å². The zero-order chi connectivity index (χ0) is 14.7. The Morgan fingerprint density at radius 3 is 2.76 bits per heavy atom. The number of ether oxygens (including phenoxy) is 1. The summed E-state index contributed by atoms with van der Waals surface area (Å²) in [6, 6.07) is 9.03. The topological polar surface area (TPSA) is 24.5 Å². The van der Waals surface area contributed by atoms with Crippen molar-refractivity contribution in [2.75, 3.05) is 25.0 Å². The zero-order valence-electron chi connectivity index (χ0n) is 13.3. The zero-order valence-corrected chi connectivity index (χ0v) is 13.3. The number of rotatable bonds is 5. The van der Waals surface area contributed by atoms with E-state index in [2.05, 4.69) is 42.3 Å². The van der Waals surface area contributed by atoms with E-state index in [1.54, 1.807) is 0 Å². The highest BCUT2D eigenvalue weighted by Crippen LogP contribution is 2.30. The maximum absolute atomic E-state index is 6.20. The summed E-state index contributed by atoms with van der Waals surface area (Å²) in [7, 11) is 0. The van der Waals surface area contributed by atoms with E-state index in [-0.39, 0.29) is 6.10 Å². The van der Waals surface area contributed by atoms with Gasteiger partial charge in [-0.05, 0) is 30.9 Å². The minimum Gasteiger partial charge on any atom is -0.485 e. The number of benzene rings is 1. The first kappa shape index (κ1) is 14.7. The smallest absolute Gasteiger partial charge is 0.142 e. The molecule has 0 saturated heterocycles. The van der Waals surface area contributed by atoms with Gasteiger partial charge in [0.05, 0.1) is 12.2 Å². The summed E-state index contributed by atoms with van der Waals surface area (Å²) in [5.74, 6) is 1.72. The van der Waals surface area contributed by atoms with Gasteiger partial charge in [0.25, 0.3) is 0 Å². The lowest BCUT2D eigenvalue weighted by Crippen LogP contribution is -2.46. The van der Waals surface area contributed by atoms with Crippen molar-refractivity contribution in [1.29, 1.82) is 0 Å². The number of hydrogen-bond donors (Lipinski definition) is 1. The fourth-order valence-electron chi connectivity index (χ4n) is 3.63. The Hall–Kier alpha value is -1.22. The molecule has 1 aliphatic carbocycles. The number of anilines is 1. The molecule has 1 aliphatic heterocycles. The Morgan fingerprint density at radius 2 is 2.00 bits per heavy atom. The lowest BCUT2D eigenvalue weighted by molar-refractivity contribution is 0.0972. The molecule has 0 bridgehead atoms. The Labute approximate surface area is 128 Å². The van der Waals surface area contributed by atoms with Crippen LogP contribution in [0.15, 0.2) is 24.3 Å². The molecule has 1 heterocycles. The van der Waals surface area contributed by atoms with E-state index in [4.69, 9.17) is 4.74 Å². The normalized spacial score (nSPS) is 22.2. The van der Waals surface area contributed by atoms with Crippen LogP contribution >= 0.6 is 0 Å². The van der Waals surface area contributed by atoms with Crippen LogP contribution in [0.1, 0.15) is 39.5 Å². The second-order valence-electron chi connectivity index (χ2n) is 6.90. The van der Waals surface area contributed by atoms with Crippen LogP contribution in [0.4, 0.5) is 5.69 Å². The highest BCUT2D eigenvalue weighted by atomic mass is 16.5. The van der Waals surface area contributed by atoms with E-state index in [9.17, 15) is 0 Å². The molecule has 2 aliphatic rings. The Morgan fingerprint density at radius 1 is 1.24 bits per heavy atom. The second-order valence-corrected chi connectivity index (χ2v) is 6.90. The number of hydrogen-bond acceptors (Lipinski definition) is 3. The van der Waals surface area contributed by atoms with E-state index < -0.39 is 0 Å². The lowest BCUT2D eigenvalue weighted by Gasteiger charge is -2.36. The van der Waals surface area contributed by atoms with E-state index >= 15 is 0 Å². The van der Waals surface area contributed by atoms with E-state index in [0.717, 1.165) is 36.5 Å². The highest BCUT2D eigenvalue weighted by molar-refractivity contribution is 5.57. The van der Waals surface area contributed by atoms with Crippen LogP contribution in [-0.2, 0) is 0 Å². The molecule has 1 unspecified atom stereocenters. The van der Waals surface area contributed by atoms with Crippen LogP contribution in [0.25, 0.3) is 0 Å². The standard InChI is InChI=1S/C18H28N2O/c1-14(2)12-20(15-7-3-4-8-15)13-16-11-19-17-9-5-6-10-18(17)21-16/h5-6,9-10,14-16,19H,3-4,7-8,11-13H2,1-2H3. The maximum atomic E-state index is 6.20. The maximum Gasteiger partial charge on any atom is 0.142 e. The average Bonchev–Trinajstić information content (AvgIpc) is 3.00. The van der Waals surface area contributed by atoms with Crippen molar-refractivity contribution in [3.05, 3.63) is 24.3 Å². The predicted molar refractivity (Wildman–Crippen MR) is 88.0 cm³/mol. The van der Waals surface area contributed by atoms with E-state index in [0.29, 0.717) is 0 Å². The SMILES string of the molecule is CC(C)CN(CC1CNc2ccccc2O1)C1CCCC1. The number of fused-ring (bicyclic) bond motifs is 1. The Bertz CT molecular complexity index is 454. The van der Waals surface area contributed by atoms with Gasteiger partial charge in [-0.3, -0.25) is 4.90 Å². The van der Waals surface area contributed by atoms with Gasteiger partial charge in [0.15, 0.2) is 0 Å². The number of nitrogens with zero attached hydrogens (tertiary/aromatic N) is 1. The molecule has 1 aromatic rings. The third-order valence-corrected chi connectivity index (χ3v) is 4.58. The molecule has 1 aromatic carbocycles. The van der Waals surface area contributed by atoms with Gasteiger partial charge in [-0.25, -0.2) is 0 Å². The summed E-state index contributed by atoms with van der Waals surface area (Å²) < 4.78 is 6.20. The molecule has 3 heteroatoms. The van der Waals surface area contributed by atoms with E-state index in [1.165, 1.54) is 32.2 Å². The van der Waals surface area contributed by atoms with Crippen LogP contribution in [0.3, 0.4) is 0 Å². The Balaban J connectivity index is 1.63. The van der Waals surface area contributed by atoms with Gasteiger partial charge >= 0.3 is 0 Å². The summed E-state index contributed by atoms with van der Waals surface area (Å²) in [6.45, 7) is 7.78. The third kappa shape index (κ3) is 3.70. The van der Waals surface area contributed by atoms with Crippen LogP contribution < -0.4 is 10.1 Å². The van der Waals surface area contributed by atoms with Crippen LogP contribution in [0.2, 0.25) is 0 Å². The van der Waals surface area contributed by atoms with Gasteiger partial charge in [0.1, 0.15) is 11.9 Å². The largest absolute Gasteiger partial charge is 0.485 e. The van der Waals surface area contributed by atoms with Crippen molar-refractivity contribution >= 4 is 5.69 Å². The van der Waals surface area contributed by atoms with Gasteiger partial charge in [-0.1, -0.05) is 38.8 Å². The van der Waals surface area contributed by atoms with Crippen molar-refractivity contribution in [3.8, 4) is 5.75 Å². The van der Waals surface area contributed by atoms with Gasteiger partial charge in [0.2, 0.25) is 0 Å². The molecule has 1 fully saturated rings. The van der Waals surface area contributed by atoms with Gasteiger partial charge in [0, 0.05) is 19.1 Å². The van der Waals surface area contributed by atoms with E-state index in [1.807, 2.05) is 6.07 Å². The molecule has 0 spiro atoms. The number of nitrogens with one attached hydrogen (secondary N) is 1. The quantitative estimate of drug-likeness (QED) is 0.893. The van der Waals surface area contributed by atoms with Crippen LogP contribution in [-0.4, -0.2) is 36.7 Å². The molecule has 116 valence electrons. The highest BCUT2D eigenvalue weighted by Gasteiger charge is 2.28. The van der Waals surface area contributed by atoms with Crippen molar-refractivity contribution < 1.29 is 4.74 Å². The summed E-state index contributed by atoms with van der Waals surface area (Å²) >= 11 is 0. The molecule has 0 amide bonds. The first-order valence-electron chi connectivity index (χ1n) is 8.46. The average molecular weight is 288 g/mol. The summed E-state index contributed by atoms with van der Waals surface area (Å²) in [6.07, 6.45) is 5.78. The molecule has 0 aromatic heterocycles. The van der Waals surface area contributed by atoms with Crippen LogP contribution in [0, 0.1) is 5.92 Å². The monoisotopic (exact) mass is 288 g/mol. The fraction of sp³-hybridized carbons (Fsp3) is 0.667. The summed E-state index contributed by atoms with van der Waals surface area (Å²) in [5, 5.41) is 3.51. The van der Waals surface area contributed by atoms with Crippen molar-refractivity contribution in [2.24, 2.45) is 5.92 Å². The van der Waals surface area contributed by atoms with Crippen molar-refractivity contribution in [3.63, 3.8) is 0 Å². The lowest BCUT2D eigenvalue weighted by atomic mass is 10.1. The molecule has 1 saturated carbocycles. The third-order valence-electron chi connectivity index (χ3n) is 4.58. The molecule has 1 atom stereocenters. The van der Waals surface area contributed by atoms with Crippen molar-refractivity contribution in [1.82, 2.24) is 4.90 Å². The first-order chi connectivity index (χ1) is 10.2. The Kier molecular flexibility index (Phi) is 4.69. The minimum atomic E-state index is 0.263. The van der Waals surface area contributed by atoms with Gasteiger partial charge < -0.3 is 10.1 Å². The van der Waals surface area contributed by atoms with Crippen LogP contribution in [0.5, 0.6) is 5.75 Å². The molecule has 3 nitrogen and oxygen atoms in total. The molecular formula is C18H28N2O. The molecule has 21 heavy (non-hydrogen) atoms. The number of para-hydroxylation sites is 2. The van der Waals surface area contributed by atoms with Gasteiger partial charge in [-0.2, -0.15) is 0 Å². The second kappa shape index (κ2) is 6.69. The van der Waals surface area contributed by atoms with Gasteiger partial charge in [-0.15, -0.1) is 0 Å².